The number of oxazole rings is 2. The van der Waals surface area contributed by atoms with Crippen molar-refractivity contribution in [1.82, 2.24) is 9.97 Å². The first-order chi connectivity index (χ1) is 8.65. The molecular weight excluding hydrogens is 322 g/mol. The highest BCUT2D eigenvalue weighted by atomic mass is 35.5. The Morgan fingerprint density at radius 2 is 1.17 bits per heavy atom. The quantitative estimate of drug-likeness (QED) is 0.638. The number of rotatable bonds is 2. The van der Waals surface area contributed by atoms with Crippen LogP contribution in [0.3, 0.4) is 0 Å². The van der Waals surface area contributed by atoms with Crippen LogP contribution in [0.4, 0.5) is 0 Å². The van der Waals surface area contributed by atoms with E-state index in [0.29, 0.717) is 34.0 Å². The fourth-order valence-electron chi connectivity index (χ4n) is 1.65. The average molecular weight is 326 g/mol. The van der Waals surface area contributed by atoms with Crippen LogP contribution in [0.5, 0.6) is 0 Å². The summed E-state index contributed by atoms with van der Waals surface area (Å²) >= 11 is 23.7. The van der Waals surface area contributed by atoms with Gasteiger partial charge in [0.05, 0.1) is 11.8 Å². The molecule has 0 fully saturated rings. The molecule has 0 saturated heterocycles. The van der Waals surface area contributed by atoms with Gasteiger partial charge in [0.2, 0.25) is 11.8 Å². The molecule has 0 N–H and O–H groups in total. The van der Waals surface area contributed by atoms with Crippen LogP contribution in [-0.4, -0.2) is 9.97 Å². The van der Waals surface area contributed by atoms with E-state index < -0.39 is 0 Å². The Morgan fingerprint density at radius 3 is 1.50 bits per heavy atom. The van der Waals surface area contributed by atoms with Gasteiger partial charge in [0.15, 0.2) is 11.2 Å². The number of nitrogens with zero attached hydrogens (tertiary/aromatic N) is 2. The van der Waals surface area contributed by atoms with Crippen molar-refractivity contribution in [3.8, 4) is 0 Å². The molecule has 0 aliphatic heterocycles. The van der Waals surface area contributed by atoms with Crippen LogP contribution in [-0.2, 0) is 11.8 Å². The predicted molar refractivity (Wildman–Crippen MR) is 70.7 cm³/mol. The Bertz CT molecular complexity index is 633. The van der Waals surface area contributed by atoms with E-state index in [2.05, 4.69) is 9.97 Å². The Kier molecular flexibility index (Phi) is 3.06. The van der Waals surface area contributed by atoms with Crippen LogP contribution in [0.2, 0.25) is 10.0 Å². The number of hydrogen-bond acceptors (Lipinski definition) is 4. The number of fused-ring (bicyclic) bond motifs is 2. The summed E-state index contributed by atoms with van der Waals surface area (Å²) in [6.45, 7) is 0. The van der Waals surface area contributed by atoms with Gasteiger partial charge >= 0.3 is 0 Å². The van der Waals surface area contributed by atoms with E-state index in [1.807, 2.05) is 0 Å². The van der Waals surface area contributed by atoms with E-state index in [9.17, 15) is 0 Å². The van der Waals surface area contributed by atoms with Gasteiger partial charge in [-0.1, -0.05) is 23.2 Å². The van der Waals surface area contributed by atoms with Crippen LogP contribution in [0.15, 0.2) is 8.83 Å². The van der Waals surface area contributed by atoms with Gasteiger partial charge in [-0.15, -0.1) is 23.2 Å². The zero-order valence-corrected chi connectivity index (χ0v) is 11.7. The van der Waals surface area contributed by atoms with Crippen molar-refractivity contribution in [2.75, 3.05) is 0 Å². The molecule has 4 nitrogen and oxygen atoms in total. The normalized spacial score (nSPS) is 11.8. The molecule has 0 aliphatic carbocycles. The highest BCUT2D eigenvalue weighted by molar-refractivity contribution is 6.45. The largest absolute Gasteiger partial charge is 0.438 e. The van der Waals surface area contributed by atoms with Gasteiger partial charge in [-0.05, 0) is 0 Å². The van der Waals surface area contributed by atoms with Crippen LogP contribution in [0.25, 0.3) is 22.2 Å². The average Bonchev–Trinajstić information content (AvgIpc) is 3.00. The third-order valence-electron chi connectivity index (χ3n) is 2.39. The predicted octanol–water partition coefficient (Wildman–Crippen LogP) is 4.75. The molecule has 8 heteroatoms. The lowest BCUT2D eigenvalue weighted by Crippen LogP contribution is -1.78. The molecule has 0 saturated carbocycles. The summed E-state index contributed by atoms with van der Waals surface area (Å²) in [5.41, 5.74) is 1.50. The molecule has 0 radical (unpaired) electrons. The second-order valence-electron chi connectivity index (χ2n) is 3.47. The third-order valence-corrected chi connectivity index (χ3v) is 3.54. The van der Waals surface area contributed by atoms with Crippen molar-refractivity contribution in [3.05, 3.63) is 21.8 Å². The van der Waals surface area contributed by atoms with E-state index in [1.165, 1.54) is 0 Å². The number of benzene rings is 1. The fraction of sp³-hybridized carbons (Fsp3) is 0.200. The first kappa shape index (κ1) is 12.4. The highest BCUT2D eigenvalue weighted by Gasteiger charge is 2.22. The van der Waals surface area contributed by atoms with Crippen LogP contribution in [0, 0.1) is 0 Å². The van der Waals surface area contributed by atoms with Crippen molar-refractivity contribution >= 4 is 68.6 Å². The lowest BCUT2D eigenvalue weighted by atomic mass is 10.3. The summed E-state index contributed by atoms with van der Waals surface area (Å²) in [6, 6.07) is 0. The van der Waals surface area contributed by atoms with Gasteiger partial charge in [0.25, 0.3) is 0 Å². The van der Waals surface area contributed by atoms with Crippen LogP contribution >= 0.6 is 46.4 Å². The van der Waals surface area contributed by atoms with Crippen LogP contribution in [0.1, 0.15) is 11.8 Å². The zero-order valence-electron chi connectivity index (χ0n) is 8.64. The highest BCUT2D eigenvalue weighted by Crippen LogP contribution is 2.39. The molecule has 2 aromatic heterocycles. The molecule has 94 valence electrons. The van der Waals surface area contributed by atoms with Crippen molar-refractivity contribution in [2.45, 2.75) is 11.8 Å². The molecule has 0 atom stereocenters. The van der Waals surface area contributed by atoms with Crippen molar-refractivity contribution in [2.24, 2.45) is 0 Å². The SMILES string of the molecule is ClCc1nc2c(Cl)c3oc(CCl)nc3c(Cl)c2o1. The zero-order chi connectivity index (χ0) is 12.9. The Labute approximate surface area is 121 Å². The Balaban J connectivity index is 2.46. The molecule has 2 heterocycles. The second-order valence-corrected chi connectivity index (χ2v) is 4.76. The van der Waals surface area contributed by atoms with E-state index in [1.54, 1.807) is 0 Å². The summed E-state index contributed by atoms with van der Waals surface area (Å²) in [5.74, 6) is 0.924. The summed E-state index contributed by atoms with van der Waals surface area (Å²) in [7, 11) is 0. The van der Waals surface area contributed by atoms with Gasteiger partial charge in [-0.2, -0.15) is 0 Å². The van der Waals surface area contributed by atoms with Gasteiger partial charge in [-0.3, -0.25) is 0 Å². The maximum absolute atomic E-state index is 6.19. The second kappa shape index (κ2) is 4.46. The Morgan fingerprint density at radius 1 is 0.778 bits per heavy atom. The molecule has 3 aromatic rings. The molecule has 0 bridgehead atoms. The van der Waals surface area contributed by atoms with Gasteiger partial charge in [-0.25, -0.2) is 9.97 Å². The van der Waals surface area contributed by atoms with E-state index >= 15 is 0 Å². The van der Waals surface area contributed by atoms with E-state index in [0.717, 1.165) is 0 Å². The number of halogens is 4. The smallest absolute Gasteiger partial charge is 0.210 e. The minimum atomic E-state index is 0.128. The number of alkyl halides is 2. The summed E-state index contributed by atoms with van der Waals surface area (Å²) in [5, 5.41) is 0.571. The topological polar surface area (TPSA) is 52.1 Å². The maximum Gasteiger partial charge on any atom is 0.210 e. The summed E-state index contributed by atoms with van der Waals surface area (Å²) in [4.78, 5) is 8.28. The minimum absolute atomic E-state index is 0.128. The van der Waals surface area contributed by atoms with Crippen molar-refractivity contribution in [3.63, 3.8) is 0 Å². The molecular formula is C10H4Cl4N2O2. The fourth-order valence-corrected chi connectivity index (χ4v) is 2.39. The first-order valence-corrected chi connectivity index (χ1v) is 6.66. The van der Waals surface area contributed by atoms with Gasteiger partial charge in [0, 0.05) is 0 Å². The molecule has 0 aliphatic rings. The molecule has 0 unspecified atom stereocenters. The number of aromatic nitrogens is 2. The monoisotopic (exact) mass is 324 g/mol. The van der Waals surface area contributed by atoms with Crippen LogP contribution < -0.4 is 0 Å². The third kappa shape index (κ3) is 1.67. The van der Waals surface area contributed by atoms with Crippen molar-refractivity contribution in [1.29, 1.82) is 0 Å². The summed E-state index contributed by atoms with van der Waals surface area (Å²) < 4.78 is 10.8. The van der Waals surface area contributed by atoms with Gasteiger partial charge in [0.1, 0.15) is 21.1 Å². The van der Waals surface area contributed by atoms with Gasteiger partial charge < -0.3 is 8.83 Å². The summed E-state index contributed by atoms with van der Waals surface area (Å²) in [6.07, 6.45) is 0. The lowest BCUT2D eigenvalue weighted by Gasteiger charge is -1.95. The number of hydrogen-bond donors (Lipinski definition) is 0. The first-order valence-electron chi connectivity index (χ1n) is 4.83. The minimum Gasteiger partial charge on any atom is -0.438 e. The molecule has 0 spiro atoms. The van der Waals surface area contributed by atoms with E-state index in [4.69, 9.17) is 55.2 Å². The maximum atomic E-state index is 6.19. The standard InChI is InChI=1S/C10H4Cl4N2O2/c11-1-3-15-7-5(13)10-8(6(14)9(7)17-3)16-4(2-12)18-10/h1-2H2. The lowest BCUT2D eigenvalue weighted by molar-refractivity contribution is 0.554. The molecule has 3 rings (SSSR count). The Hall–Kier alpha value is -0.680. The molecule has 18 heavy (non-hydrogen) atoms. The van der Waals surface area contributed by atoms with E-state index in [-0.39, 0.29) is 21.8 Å². The molecule has 0 amide bonds. The van der Waals surface area contributed by atoms with Crippen molar-refractivity contribution < 1.29 is 8.83 Å². The molecule has 1 aromatic carbocycles.